The molecule has 4 rings (SSSR count). The zero-order valence-corrected chi connectivity index (χ0v) is 13.5. The van der Waals surface area contributed by atoms with Crippen LogP contribution >= 0.6 is 0 Å². The van der Waals surface area contributed by atoms with E-state index in [4.69, 9.17) is 4.74 Å². The SMILES string of the molecule is COc1ccc(-c2nccn3cc(C(=O)N4CCCC4)nc23)cc1. The van der Waals surface area contributed by atoms with Crippen molar-refractivity contribution in [3.05, 3.63) is 48.5 Å². The normalized spacial score (nSPS) is 14.3. The summed E-state index contributed by atoms with van der Waals surface area (Å²) in [4.78, 5) is 23.4. The van der Waals surface area contributed by atoms with Gasteiger partial charge in [-0.2, -0.15) is 0 Å². The van der Waals surface area contributed by atoms with Gasteiger partial charge in [-0.15, -0.1) is 0 Å². The van der Waals surface area contributed by atoms with Gasteiger partial charge in [0, 0.05) is 37.2 Å². The lowest BCUT2D eigenvalue weighted by Crippen LogP contribution is -2.27. The van der Waals surface area contributed by atoms with E-state index in [1.165, 1.54) is 0 Å². The molecule has 1 aliphatic heterocycles. The summed E-state index contributed by atoms with van der Waals surface area (Å²) in [7, 11) is 1.64. The number of carbonyl (C=O) groups is 1. The van der Waals surface area contributed by atoms with E-state index in [9.17, 15) is 4.79 Å². The third-order valence-corrected chi connectivity index (χ3v) is 4.35. The fourth-order valence-corrected chi connectivity index (χ4v) is 3.06. The highest BCUT2D eigenvalue weighted by Crippen LogP contribution is 2.24. The Morgan fingerprint density at radius 3 is 2.62 bits per heavy atom. The lowest BCUT2D eigenvalue weighted by Gasteiger charge is -2.12. The number of ether oxygens (including phenoxy) is 1. The number of aromatic nitrogens is 3. The molecule has 0 saturated carbocycles. The summed E-state index contributed by atoms with van der Waals surface area (Å²) < 4.78 is 7.05. The Bertz CT molecular complexity index is 880. The summed E-state index contributed by atoms with van der Waals surface area (Å²) in [6.07, 6.45) is 7.45. The van der Waals surface area contributed by atoms with E-state index in [1.54, 1.807) is 19.5 Å². The molecular weight excluding hydrogens is 304 g/mol. The van der Waals surface area contributed by atoms with Crippen LogP contribution in [-0.4, -0.2) is 45.4 Å². The molecule has 1 aromatic carbocycles. The van der Waals surface area contributed by atoms with Crippen LogP contribution in [-0.2, 0) is 0 Å². The standard InChI is InChI=1S/C18H18N4O2/c1-24-14-6-4-13(5-7-14)16-17-20-15(12-22(17)11-8-19-16)18(23)21-9-2-3-10-21/h4-8,11-12H,2-3,9-10H2,1H3. The third kappa shape index (κ3) is 2.50. The average Bonchev–Trinajstić information content (AvgIpc) is 3.30. The van der Waals surface area contributed by atoms with Gasteiger partial charge < -0.3 is 14.0 Å². The van der Waals surface area contributed by atoms with Crippen molar-refractivity contribution in [1.29, 1.82) is 0 Å². The van der Waals surface area contributed by atoms with Crippen molar-refractivity contribution < 1.29 is 9.53 Å². The number of rotatable bonds is 3. The van der Waals surface area contributed by atoms with Gasteiger partial charge in [-0.25, -0.2) is 4.98 Å². The van der Waals surface area contributed by atoms with Gasteiger partial charge in [0.1, 0.15) is 17.1 Å². The van der Waals surface area contributed by atoms with E-state index in [-0.39, 0.29) is 5.91 Å². The molecule has 0 bridgehead atoms. The van der Waals surface area contributed by atoms with Crippen LogP contribution < -0.4 is 4.74 Å². The number of imidazole rings is 1. The summed E-state index contributed by atoms with van der Waals surface area (Å²) in [5.74, 6) is 0.788. The maximum Gasteiger partial charge on any atom is 0.274 e. The number of likely N-dealkylation sites (tertiary alicyclic amines) is 1. The first-order valence-electron chi connectivity index (χ1n) is 8.03. The second-order valence-corrected chi connectivity index (χ2v) is 5.86. The van der Waals surface area contributed by atoms with Crippen molar-refractivity contribution in [3.8, 4) is 17.0 Å². The van der Waals surface area contributed by atoms with Gasteiger partial charge in [-0.05, 0) is 37.1 Å². The van der Waals surface area contributed by atoms with Gasteiger partial charge in [-0.3, -0.25) is 9.78 Å². The molecule has 0 radical (unpaired) electrons. The van der Waals surface area contributed by atoms with E-state index in [2.05, 4.69) is 9.97 Å². The fraction of sp³-hybridized carbons (Fsp3) is 0.278. The van der Waals surface area contributed by atoms with E-state index in [0.29, 0.717) is 11.3 Å². The molecule has 0 unspecified atom stereocenters. The predicted molar refractivity (Wildman–Crippen MR) is 90.1 cm³/mol. The molecule has 1 amide bonds. The zero-order chi connectivity index (χ0) is 16.5. The second kappa shape index (κ2) is 5.96. The van der Waals surface area contributed by atoms with Crippen LogP contribution in [0.4, 0.5) is 0 Å². The molecule has 0 atom stereocenters. The van der Waals surface area contributed by atoms with Gasteiger partial charge in [-0.1, -0.05) is 0 Å². The number of amides is 1. The van der Waals surface area contributed by atoms with Gasteiger partial charge in [0.05, 0.1) is 7.11 Å². The average molecular weight is 322 g/mol. The first-order chi connectivity index (χ1) is 11.8. The maximum absolute atomic E-state index is 12.6. The Balaban J connectivity index is 1.75. The van der Waals surface area contributed by atoms with E-state index in [1.807, 2.05) is 39.8 Å². The van der Waals surface area contributed by atoms with Crippen LogP contribution in [0.3, 0.4) is 0 Å². The number of carbonyl (C=O) groups excluding carboxylic acids is 1. The fourth-order valence-electron chi connectivity index (χ4n) is 3.06. The molecule has 3 heterocycles. The molecule has 0 aliphatic carbocycles. The summed E-state index contributed by atoms with van der Waals surface area (Å²) in [5, 5.41) is 0. The number of hydrogen-bond donors (Lipinski definition) is 0. The third-order valence-electron chi connectivity index (χ3n) is 4.35. The Kier molecular flexibility index (Phi) is 3.65. The highest BCUT2D eigenvalue weighted by atomic mass is 16.5. The molecular formula is C18H18N4O2. The first kappa shape index (κ1) is 14.7. The number of nitrogens with zero attached hydrogens (tertiary/aromatic N) is 4. The number of hydrogen-bond acceptors (Lipinski definition) is 4. The van der Waals surface area contributed by atoms with Crippen molar-refractivity contribution in [2.75, 3.05) is 20.2 Å². The highest BCUT2D eigenvalue weighted by molar-refractivity contribution is 5.93. The largest absolute Gasteiger partial charge is 0.497 e. The van der Waals surface area contributed by atoms with Crippen LogP contribution in [0.1, 0.15) is 23.3 Å². The topological polar surface area (TPSA) is 59.7 Å². The quantitative estimate of drug-likeness (QED) is 0.744. The van der Waals surface area contributed by atoms with E-state index < -0.39 is 0 Å². The molecule has 122 valence electrons. The second-order valence-electron chi connectivity index (χ2n) is 5.86. The molecule has 6 heteroatoms. The van der Waals surface area contributed by atoms with E-state index >= 15 is 0 Å². The molecule has 24 heavy (non-hydrogen) atoms. The first-order valence-corrected chi connectivity index (χ1v) is 8.03. The highest BCUT2D eigenvalue weighted by Gasteiger charge is 2.22. The molecule has 6 nitrogen and oxygen atoms in total. The Hall–Kier alpha value is -2.89. The van der Waals surface area contributed by atoms with Crippen molar-refractivity contribution >= 4 is 11.6 Å². The van der Waals surface area contributed by atoms with Crippen molar-refractivity contribution in [2.45, 2.75) is 12.8 Å². The Labute approximate surface area is 139 Å². The van der Waals surface area contributed by atoms with Crippen molar-refractivity contribution in [2.24, 2.45) is 0 Å². The molecule has 0 spiro atoms. The molecule has 3 aromatic rings. The van der Waals surface area contributed by atoms with Crippen LogP contribution in [0.15, 0.2) is 42.9 Å². The molecule has 1 aliphatic rings. The lowest BCUT2D eigenvalue weighted by atomic mass is 10.1. The molecule has 0 N–H and O–H groups in total. The smallest absolute Gasteiger partial charge is 0.274 e. The summed E-state index contributed by atoms with van der Waals surface area (Å²) in [5.41, 5.74) is 2.85. The monoisotopic (exact) mass is 322 g/mol. The van der Waals surface area contributed by atoms with Crippen LogP contribution in [0.5, 0.6) is 5.75 Å². The Morgan fingerprint density at radius 1 is 1.17 bits per heavy atom. The van der Waals surface area contributed by atoms with Gasteiger partial charge in [0.25, 0.3) is 5.91 Å². The number of benzene rings is 1. The molecule has 1 saturated heterocycles. The molecule has 2 aromatic heterocycles. The minimum Gasteiger partial charge on any atom is -0.497 e. The van der Waals surface area contributed by atoms with Gasteiger partial charge in [0.15, 0.2) is 5.65 Å². The van der Waals surface area contributed by atoms with E-state index in [0.717, 1.165) is 42.9 Å². The van der Waals surface area contributed by atoms with Gasteiger partial charge >= 0.3 is 0 Å². The van der Waals surface area contributed by atoms with Crippen molar-refractivity contribution in [1.82, 2.24) is 19.3 Å². The van der Waals surface area contributed by atoms with Crippen LogP contribution in [0, 0.1) is 0 Å². The lowest BCUT2D eigenvalue weighted by molar-refractivity contribution is 0.0787. The Morgan fingerprint density at radius 2 is 1.92 bits per heavy atom. The van der Waals surface area contributed by atoms with Crippen molar-refractivity contribution in [3.63, 3.8) is 0 Å². The summed E-state index contributed by atoms with van der Waals surface area (Å²) in [6.45, 7) is 1.63. The van der Waals surface area contributed by atoms with Gasteiger partial charge in [0.2, 0.25) is 0 Å². The van der Waals surface area contributed by atoms with Crippen LogP contribution in [0.25, 0.3) is 16.9 Å². The molecule has 1 fully saturated rings. The minimum absolute atomic E-state index is 0.00289. The summed E-state index contributed by atoms with van der Waals surface area (Å²) in [6, 6.07) is 7.66. The number of fused-ring (bicyclic) bond motifs is 1. The minimum atomic E-state index is -0.00289. The predicted octanol–water partition coefficient (Wildman–Crippen LogP) is 2.64. The zero-order valence-electron chi connectivity index (χ0n) is 13.5. The summed E-state index contributed by atoms with van der Waals surface area (Å²) >= 11 is 0. The van der Waals surface area contributed by atoms with Crippen LogP contribution in [0.2, 0.25) is 0 Å². The number of methoxy groups -OCH3 is 1. The maximum atomic E-state index is 12.6.